The summed E-state index contributed by atoms with van der Waals surface area (Å²) < 4.78 is 4.00. The molecular formula is C29H29BN2. The Labute approximate surface area is 191 Å². The van der Waals surface area contributed by atoms with Crippen LogP contribution in [-0.4, -0.2) is 10.7 Å². The molecule has 5 aromatic rings. The van der Waals surface area contributed by atoms with Gasteiger partial charge in [0.25, 0.3) is 0 Å². The summed E-state index contributed by atoms with van der Waals surface area (Å²) in [5.41, 5.74) is 5.36. The number of imidazole rings is 1. The van der Waals surface area contributed by atoms with E-state index in [4.69, 9.17) is 0 Å². The third-order valence-corrected chi connectivity index (χ3v) is 6.10. The fraction of sp³-hybridized carbons (Fsp3) is 0.0690. The summed E-state index contributed by atoms with van der Waals surface area (Å²) in [7, 11) is 4.00. The molecule has 0 fully saturated rings. The molecule has 1 heterocycles. The Bertz CT molecular complexity index is 1040. The summed E-state index contributed by atoms with van der Waals surface area (Å²) in [5, 5.41) is 0. The predicted octanol–water partition coefficient (Wildman–Crippen LogP) is 2.91. The number of aryl methyl sites for hydroxylation is 2. The number of nitrogens with zero attached hydrogens (tertiary/aromatic N) is 2. The van der Waals surface area contributed by atoms with Gasteiger partial charge >= 0.3 is 0 Å². The zero-order valence-electron chi connectivity index (χ0n) is 18.8. The molecule has 0 radical (unpaired) electrons. The molecule has 0 saturated carbocycles. The first kappa shape index (κ1) is 21.4. The topological polar surface area (TPSA) is 8.81 Å². The van der Waals surface area contributed by atoms with Gasteiger partial charge in [0, 0.05) is 0 Å². The Morgan fingerprint density at radius 1 is 0.531 bits per heavy atom. The minimum Gasteiger partial charge on any atom is -0.240 e. The SMILES string of the molecule is Cn1cc[n+](C)c1.c1ccc([B-](c2ccccc2)(c2ccccc2)c2ccccc2)cc1. The number of hydrogen-bond acceptors (Lipinski definition) is 0. The van der Waals surface area contributed by atoms with Gasteiger partial charge in [-0.2, -0.15) is 21.9 Å². The second kappa shape index (κ2) is 9.97. The van der Waals surface area contributed by atoms with Crippen LogP contribution in [0.4, 0.5) is 0 Å². The van der Waals surface area contributed by atoms with Crippen molar-refractivity contribution >= 4 is 28.0 Å². The molecule has 4 aromatic carbocycles. The van der Waals surface area contributed by atoms with Gasteiger partial charge in [-0.3, -0.25) is 0 Å². The third-order valence-electron chi connectivity index (χ3n) is 6.10. The van der Waals surface area contributed by atoms with Crippen molar-refractivity contribution in [3.8, 4) is 0 Å². The third kappa shape index (κ3) is 4.43. The highest BCUT2D eigenvalue weighted by molar-refractivity contribution is 7.19. The monoisotopic (exact) mass is 416 g/mol. The minimum absolute atomic E-state index is 1.22. The van der Waals surface area contributed by atoms with Crippen LogP contribution in [-0.2, 0) is 14.1 Å². The Morgan fingerprint density at radius 2 is 0.844 bits per heavy atom. The maximum absolute atomic E-state index is 2.26. The molecule has 32 heavy (non-hydrogen) atoms. The molecule has 0 N–H and O–H groups in total. The van der Waals surface area contributed by atoms with Gasteiger partial charge in [-0.25, -0.2) is 9.13 Å². The second-order valence-corrected chi connectivity index (χ2v) is 8.25. The smallest absolute Gasteiger partial charge is 0.240 e. The van der Waals surface area contributed by atoms with Crippen molar-refractivity contribution in [3.05, 3.63) is 140 Å². The number of aromatic nitrogens is 2. The second-order valence-electron chi connectivity index (χ2n) is 8.25. The highest BCUT2D eigenvalue weighted by Crippen LogP contribution is 2.09. The van der Waals surface area contributed by atoms with Gasteiger partial charge in [-0.05, 0) is 0 Å². The fourth-order valence-electron chi connectivity index (χ4n) is 4.70. The van der Waals surface area contributed by atoms with E-state index >= 15 is 0 Å². The quantitative estimate of drug-likeness (QED) is 0.315. The predicted molar refractivity (Wildman–Crippen MR) is 137 cm³/mol. The van der Waals surface area contributed by atoms with E-state index in [0.29, 0.717) is 0 Å². The lowest BCUT2D eigenvalue weighted by atomic mass is 9.13. The average molecular weight is 416 g/mol. The minimum atomic E-state index is -1.22. The molecule has 0 amide bonds. The summed E-state index contributed by atoms with van der Waals surface area (Å²) in [5.74, 6) is 0. The van der Waals surface area contributed by atoms with Crippen molar-refractivity contribution in [2.45, 2.75) is 0 Å². The summed E-state index contributed by atoms with van der Waals surface area (Å²) in [4.78, 5) is 0. The van der Waals surface area contributed by atoms with E-state index < -0.39 is 6.15 Å². The van der Waals surface area contributed by atoms with Crippen LogP contribution in [0.3, 0.4) is 0 Å². The van der Waals surface area contributed by atoms with Gasteiger partial charge in [-0.15, -0.1) is 0 Å². The van der Waals surface area contributed by atoms with Gasteiger partial charge < -0.3 is 0 Å². The summed E-state index contributed by atoms with van der Waals surface area (Å²) >= 11 is 0. The zero-order valence-corrected chi connectivity index (χ0v) is 18.8. The van der Waals surface area contributed by atoms with E-state index in [0.717, 1.165) is 0 Å². The Balaban J connectivity index is 0.000000300. The lowest BCUT2D eigenvalue weighted by Gasteiger charge is -2.44. The molecule has 0 bridgehead atoms. The molecular weight excluding hydrogens is 387 g/mol. The summed E-state index contributed by atoms with van der Waals surface area (Å²) in [6.07, 6.45) is 4.78. The molecule has 0 aliphatic rings. The standard InChI is InChI=1S/C24H20B.C5H9N2/c1-5-13-21(14-6-1)25(22-15-7-2-8-16-22,23-17-9-3-10-18-23)24-19-11-4-12-20-24;1-6-3-4-7(2)5-6/h1-20H;3-5H,1-2H3/q-1;+1. The fourth-order valence-corrected chi connectivity index (χ4v) is 4.70. The van der Waals surface area contributed by atoms with Gasteiger partial charge in [0.2, 0.25) is 6.33 Å². The van der Waals surface area contributed by atoms with Gasteiger partial charge in [0.15, 0.2) is 0 Å². The largest absolute Gasteiger partial charge is 0.243 e. The highest BCUT2D eigenvalue weighted by Gasteiger charge is 2.30. The Hall–Kier alpha value is -3.85. The first-order chi connectivity index (χ1) is 15.7. The van der Waals surface area contributed by atoms with E-state index in [9.17, 15) is 0 Å². The maximum atomic E-state index is 2.26. The summed E-state index contributed by atoms with van der Waals surface area (Å²) in [6, 6.07) is 43.5. The van der Waals surface area contributed by atoms with Gasteiger partial charge in [0.1, 0.15) is 18.5 Å². The lowest BCUT2D eigenvalue weighted by molar-refractivity contribution is -0.670. The van der Waals surface area contributed by atoms with Crippen LogP contribution in [0.5, 0.6) is 0 Å². The molecule has 0 aliphatic heterocycles. The first-order valence-electron chi connectivity index (χ1n) is 11.1. The van der Waals surface area contributed by atoms with Crippen LogP contribution in [0.1, 0.15) is 0 Å². The normalized spacial score (nSPS) is 10.8. The molecule has 1 aromatic heterocycles. The van der Waals surface area contributed by atoms with Crippen LogP contribution < -0.4 is 26.4 Å². The molecule has 0 saturated heterocycles. The number of hydrogen-bond donors (Lipinski definition) is 0. The van der Waals surface area contributed by atoms with Crippen molar-refractivity contribution < 1.29 is 4.57 Å². The van der Waals surface area contributed by atoms with Crippen LogP contribution in [0.25, 0.3) is 0 Å². The molecule has 158 valence electrons. The maximum Gasteiger partial charge on any atom is 0.243 e. The first-order valence-corrected chi connectivity index (χ1v) is 11.1. The van der Waals surface area contributed by atoms with Gasteiger partial charge in [-0.1, -0.05) is 121 Å². The lowest BCUT2D eigenvalue weighted by Crippen LogP contribution is -2.74. The highest BCUT2D eigenvalue weighted by atomic mass is 15.1. The molecule has 5 rings (SSSR count). The van der Waals surface area contributed by atoms with Crippen LogP contribution in [0.2, 0.25) is 0 Å². The molecule has 3 heteroatoms. The Morgan fingerprint density at radius 3 is 1.03 bits per heavy atom. The summed E-state index contributed by atoms with van der Waals surface area (Å²) in [6.45, 7) is 0. The van der Waals surface area contributed by atoms with Crippen LogP contribution in [0.15, 0.2) is 140 Å². The van der Waals surface area contributed by atoms with Crippen LogP contribution >= 0.6 is 0 Å². The van der Waals surface area contributed by atoms with Crippen molar-refractivity contribution in [3.63, 3.8) is 0 Å². The molecule has 2 nitrogen and oxygen atoms in total. The number of rotatable bonds is 4. The van der Waals surface area contributed by atoms with Gasteiger partial charge in [0.05, 0.1) is 14.1 Å². The molecule has 0 atom stereocenters. The van der Waals surface area contributed by atoms with Crippen LogP contribution in [0, 0.1) is 0 Å². The van der Waals surface area contributed by atoms with Crippen molar-refractivity contribution in [2.24, 2.45) is 14.1 Å². The van der Waals surface area contributed by atoms with Crippen molar-refractivity contribution in [2.75, 3.05) is 0 Å². The van der Waals surface area contributed by atoms with E-state index in [-0.39, 0.29) is 0 Å². The average Bonchev–Trinajstić information content (AvgIpc) is 3.25. The van der Waals surface area contributed by atoms with E-state index in [1.54, 1.807) is 0 Å². The molecule has 0 aliphatic carbocycles. The number of benzene rings is 4. The zero-order chi connectivity index (χ0) is 22.2. The van der Waals surface area contributed by atoms with Crippen molar-refractivity contribution in [1.29, 1.82) is 0 Å². The van der Waals surface area contributed by atoms with E-state index in [2.05, 4.69) is 121 Å². The van der Waals surface area contributed by atoms with E-state index in [1.807, 2.05) is 42.0 Å². The Kier molecular flexibility index (Phi) is 6.67. The molecule has 0 spiro atoms. The van der Waals surface area contributed by atoms with Crippen molar-refractivity contribution in [1.82, 2.24) is 4.57 Å². The van der Waals surface area contributed by atoms with E-state index in [1.165, 1.54) is 21.9 Å². The molecule has 0 unspecified atom stereocenters.